The maximum absolute atomic E-state index is 12.8. The molecule has 1 atom stereocenters. The van der Waals surface area contributed by atoms with Crippen LogP contribution in [0.1, 0.15) is 23.2 Å². The average molecular weight is 422 g/mol. The second-order valence-electron chi connectivity index (χ2n) is 8.25. The zero-order valence-corrected chi connectivity index (χ0v) is 17.4. The first-order valence-electron chi connectivity index (χ1n) is 10.3. The molecule has 1 N–H and O–H groups in total. The lowest BCUT2D eigenvalue weighted by atomic mass is 9.93. The molecule has 1 unspecified atom stereocenters. The van der Waals surface area contributed by atoms with Crippen LogP contribution in [0.25, 0.3) is 10.9 Å². The Balaban J connectivity index is 1.29. The molecular formula is C22H23N5O2S. The number of hydrogen-bond acceptors (Lipinski definition) is 6. The second kappa shape index (κ2) is 7.80. The van der Waals surface area contributed by atoms with Gasteiger partial charge in [-0.3, -0.25) is 14.6 Å². The predicted molar refractivity (Wildman–Crippen MR) is 116 cm³/mol. The highest BCUT2D eigenvalue weighted by atomic mass is 32.2. The van der Waals surface area contributed by atoms with Gasteiger partial charge in [0, 0.05) is 36.1 Å². The molecule has 8 heteroatoms. The number of benzene rings is 1. The minimum atomic E-state index is -0.417. The van der Waals surface area contributed by atoms with Gasteiger partial charge in [-0.15, -0.1) is 11.8 Å². The molecule has 7 nitrogen and oxygen atoms in total. The molecule has 1 aromatic carbocycles. The highest BCUT2D eigenvalue weighted by molar-refractivity contribution is 7.99. The number of anilines is 1. The minimum Gasteiger partial charge on any atom is -0.371 e. The van der Waals surface area contributed by atoms with Crippen LogP contribution in [0.4, 0.5) is 5.69 Å². The molecule has 1 saturated carbocycles. The topological polar surface area (TPSA) is 89.3 Å². The average Bonchev–Trinajstić information content (AvgIpc) is 3.44. The van der Waals surface area contributed by atoms with Gasteiger partial charge in [0.15, 0.2) is 0 Å². The Bertz CT molecular complexity index is 1040. The number of rotatable bonds is 5. The zero-order valence-electron chi connectivity index (χ0n) is 16.6. The number of nitriles is 1. The molecule has 3 heterocycles. The summed E-state index contributed by atoms with van der Waals surface area (Å²) in [4.78, 5) is 33.5. The summed E-state index contributed by atoms with van der Waals surface area (Å²) in [6.07, 6.45) is 4.36. The minimum absolute atomic E-state index is 0.115. The van der Waals surface area contributed by atoms with Gasteiger partial charge >= 0.3 is 0 Å². The third-order valence-corrected chi connectivity index (χ3v) is 7.30. The van der Waals surface area contributed by atoms with Crippen molar-refractivity contribution >= 4 is 40.2 Å². The first-order valence-corrected chi connectivity index (χ1v) is 11.5. The van der Waals surface area contributed by atoms with E-state index < -0.39 is 6.04 Å². The van der Waals surface area contributed by atoms with Crippen LogP contribution in [-0.2, 0) is 4.79 Å². The predicted octanol–water partition coefficient (Wildman–Crippen LogP) is 2.24. The van der Waals surface area contributed by atoms with E-state index in [4.69, 9.17) is 5.26 Å². The van der Waals surface area contributed by atoms with Gasteiger partial charge < -0.3 is 15.1 Å². The lowest BCUT2D eigenvalue weighted by molar-refractivity contribution is -0.129. The van der Waals surface area contributed by atoms with Crippen molar-refractivity contribution < 1.29 is 9.59 Å². The van der Waals surface area contributed by atoms with Crippen molar-refractivity contribution in [3.8, 4) is 6.07 Å². The van der Waals surface area contributed by atoms with Crippen molar-refractivity contribution in [1.82, 2.24) is 15.2 Å². The van der Waals surface area contributed by atoms with Crippen molar-refractivity contribution in [1.29, 1.82) is 5.26 Å². The third-order valence-electron chi connectivity index (χ3n) is 6.29. The molecule has 0 bridgehead atoms. The van der Waals surface area contributed by atoms with Crippen molar-refractivity contribution in [2.24, 2.45) is 11.8 Å². The molecule has 3 aliphatic rings. The number of thioether (sulfide) groups is 1. The molecular weight excluding hydrogens is 398 g/mol. The van der Waals surface area contributed by atoms with Gasteiger partial charge in [0.2, 0.25) is 5.91 Å². The van der Waals surface area contributed by atoms with E-state index in [9.17, 15) is 9.59 Å². The standard InChI is InChI=1S/C22H23N5O2S/c23-8-17-12-30-13-27(17)21(28)9-25-22(29)18-5-6-24-20-4-3-16(7-19(18)20)26-10-15(11-26)14-1-2-14/h3-7,14-15,17H,1-2,9-13H2,(H,25,29). The monoisotopic (exact) mass is 421 g/mol. The normalized spacial score (nSPS) is 21.4. The first-order chi connectivity index (χ1) is 14.6. The van der Waals surface area contributed by atoms with Crippen LogP contribution in [0.15, 0.2) is 30.5 Å². The third kappa shape index (κ3) is 3.58. The number of pyridine rings is 1. The number of amides is 2. The van der Waals surface area contributed by atoms with E-state index in [1.807, 2.05) is 12.1 Å². The van der Waals surface area contributed by atoms with Crippen LogP contribution in [0.3, 0.4) is 0 Å². The number of carbonyl (C=O) groups is 2. The highest BCUT2D eigenvalue weighted by Crippen LogP contribution is 2.42. The molecule has 2 amide bonds. The summed E-state index contributed by atoms with van der Waals surface area (Å²) in [5.74, 6) is 2.30. The highest BCUT2D eigenvalue weighted by Gasteiger charge is 2.39. The summed E-state index contributed by atoms with van der Waals surface area (Å²) in [6.45, 7) is 2.05. The van der Waals surface area contributed by atoms with Gasteiger partial charge in [0.1, 0.15) is 6.04 Å². The van der Waals surface area contributed by atoms with Gasteiger partial charge in [0.25, 0.3) is 5.91 Å². The van der Waals surface area contributed by atoms with Crippen molar-refractivity contribution in [3.05, 3.63) is 36.0 Å². The van der Waals surface area contributed by atoms with Crippen LogP contribution >= 0.6 is 11.8 Å². The van der Waals surface area contributed by atoms with Gasteiger partial charge in [-0.2, -0.15) is 5.26 Å². The maximum Gasteiger partial charge on any atom is 0.252 e. The van der Waals surface area contributed by atoms with E-state index in [-0.39, 0.29) is 18.4 Å². The fraction of sp³-hybridized carbons (Fsp3) is 0.455. The largest absolute Gasteiger partial charge is 0.371 e. The molecule has 0 spiro atoms. The molecule has 1 aliphatic carbocycles. The number of aromatic nitrogens is 1. The van der Waals surface area contributed by atoms with Gasteiger partial charge in [-0.1, -0.05) is 0 Å². The number of nitrogens with zero attached hydrogens (tertiary/aromatic N) is 4. The summed E-state index contributed by atoms with van der Waals surface area (Å²) >= 11 is 1.55. The quantitative estimate of drug-likeness (QED) is 0.796. The molecule has 154 valence electrons. The van der Waals surface area contributed by atoms with Gasteiger partial charge in [0.05, 0.1) is 29.6 Å². The smallest absolute Gasteiger partial charge is 0.252 e. The van der Waals surface area contributed by atoms with Crippen LogP contribution in [0.5, 0.6) is 0 Å². The lowest BCUT2D eigenvalue weighted by Gasteiger charge is -2.41. The molecule has 1 aromatic heterocycles. The molecule has 2 aromatic rings. The summed E-state index contributed by atoms with van der Waals surface area (Å²) in [7, 11) is 0. The Morgan fingerprint density at radius 1 is 1.23 bits per heavy atom. The SMILES string of the molecule is N#CC1CSCN1C(=O)CNC(=O)c1ccnc2ccc(N3CC(C4CC4)C3)cc12. The fourth-order valence-corrected chi connectivity index (χ4v) is 5.37. The molecule has 0 radical (unpaired) electrons. The Kier molecular flexibility index (Phi) is 4.99. The molecule has 3 fully saturated rings. The summed E-state index contributed by atoms with van der Waals surface area (Å²) in [6, 6.07) is 9.47. The zero-order chi connectivity index (χ0) is 20.7. The maximum atomic E-state index is 12.8. The Morgan fingerprint density at radius 3 is 2.83 bits per heavy atom. The van der Waals surface area contributed by atoms with Crippen molar-refractivity contribution in [2.45, 2.75) is 18.9 Å². The van der Waals surface area contributed by atoms with E-state index in [0.29, 0.717) is 17.2 Å². The molecule has 2 saturated heterocycles. The summed E-state index contributed by atoms with van der Waals surface area (Å²) in [5.41, 5.74) is 2.39. The Morgan fingerprint density at radius 2 is 2.07 bits per heavy atom. The molecule has 2 aliphatic heterocycles. The Hall–Kier alpha value is -2.79. The van der Waals surface area contributed by atoms with Crippen LogP contribution in [0, 0.1) is 23.2 Å². The van der Waals surface area contributed by atoms with E-state index in [1.54, 1.807) is 24.0 Å². The molecule has 5 rings (SSSR count). The van der Waals surface area contributed by atoms with E-state index in [2.05, 4.69) is 27.3 Å². The summed E-state index contributed by atoms with van der Waals surface area (Å²) in [5, 5.41) is 12.7. The number of hydrogen-bond donors (Lipinski definition) is 1. The van der Waals surface area contributed by atoms with E-state index >= 15 is 0 Å². The van der Waals surface area contributed by atoms with Crippen LogP contribution < -0.4 is 10.2 Å². The van der Waals surface area contributed by atoms with Crippen LogP contribution in [-0.4, -0.2) is 59.0 Å². The summed E-state index contributed by atoms with van der Waals surface area (Å²) < 4.78 is 0. The lowest BCUT2D eigenvalue weighted by Crippen LogP contribution is -2.47. The second-order valence-corrected chi connectivity index (χ2v) is 9.25. The van der Waals surface area contributed by atoms with Gasteiger partial charge in [-0.25, -0.2) is 0 Å². The number of nitrogens with one attached hydrogen (secondary N) is 1. The van der Waals surface area contributed by atoms with E-state index in [0.717, 1.165) is 41.5 Å². The Labute approximate surface area is 179 Å². The number of carbonyl (C=O) groups excluding carboxylic acids is 2. The van der Waals surface area contributed by atoms with Crippen LogP contribution in [0.2, 0.25) is 0 Å². The van der Waals surface area contributed by atoms with E-state index in [1.165, 1.54) is 17.7 Å². The molecule has 30 heavy (non-hydrogen) atoms. The first kappa shape index (κ1) is 19.2. The van der Waals surface area contributed by atoms with Gasteiger partial charge in [-0.05, 0) is 48.9 Å². The number of fused-ring (bicyclic) bond motifs is 1. The van der Waals surface area contributed by atoms with Crippen molar-refractivity contribution in [2.75, 3.05) is 36.2 Å². The van der Waals surface area contributed by atoms with Crippen molar-refractivity contribution in [3.63, 3.8) is 0 Å². The fourth-order valence-electron chi connectivity index (χ4n) is 4.27.